The van der Waals surface area contributed by atoms with Crippen LogP contribution in [-0.2, 0) is 10.8 Å². The van der Waals surface area contributed by atoms with Crippen molar-refractivity contribution in [1.29, 1.82) is 0 Å². The lowest BCUT2D eigenvalue weighted by molar-refractivity contribution is 0.0989. The zero-order valence-corrected chi connectivity index (χ0v) is 21.5. The largest absolute Gasteiger partial charge is 0.344 e. The molecule has 1 aliphatic heterocycles. The number of hydrogen-bond donors (Lipinski definition) is 3. The van der Waals surface area contributed by atoms with Crippen LogP contribution in [-0.4, -0.2) is 26.5 Å². The SMILES string of the molecule is CCCC[C@H](C)c1ncc(-c2ccc(C34CCC(c5cnc([C@@H]6CCCN6)[nH]5)(CC3)CC4)cc2)[nH]1. The first kappa shape index (κ1) is 23.0. The van der Waals surface area contributed by atoms with Crippen LogP contribution >= 0.6 is 0 Å². The monoisotopic (exact) mass is 471 g/mol. The van der Waals surface area contributed by atoms with Crippen molar-refractivity contribution in [1.82, 2.24) is 25.3 Å². The van der Waals surface area contributed by atoms with Crippen molar-refractivity contribution in [3.05, 3.63) is 59.6 Å². The number of hydrogen-bond acceptors (Lipinski definition) is 3. The second-order valence-corrected chi connectivity index (χ2v) is 11.7. The van der Waals surface area contributed by atoms with Crippen LogP contribution in [0.25, 0.3) is 11.3 Å². The molecule has 3 N–H and O–H groups in total. The molecule has 3 heterocycles. The van der Waals surface area contributed by atoms with Crippen LogP contribution in [0, 0.1) is 0 Å². The lowest BCUT2D eigenvalue weighted by Gasteiger charge is -2.53. The number of imidazole rings is 2. The molecule has 1 saturated heterocycles. The Kier molecular flexibility index (Phi) is 6.08. The number of aromatic amines is 2. The normalized spacial score (nSPS) is 29.0. The van der Waals surface area contributed by atoms with Gasteiger partial charge in [0, 0.05) is 23.2 Å². The maximum absolute atomic E-state index is 4.80. The first-order valence-electron chi connectivity index (χ1n) is 14.1. The van der Waals surface area contributed by atoms with Gasteiger partial charge in [0.05, 0.1) is 17.9 Å². The summed E-state index contributed by atoms with van der Waals surface area (Å²) in [5.74, 6) is 2.77. The molecule has 4 aliphatic rings. The Morgan fingerprint density at radius 3 is 2.37 bits per heavy atom. The summed E-state index contributed by atoms with van der Waals surface area (Å²) in [5, 5.41) is 3.59. The third-order valence-corrected chi connectivity index (χ3v) is 9.66. The van der Waals surface area contributed by atoms with Gasteiger partial charge in [0.25, 0.3) is 0 Å². The van der Waals surface area contributed by atoms with Crippen LogP contribution in [0.15, 0.2) is 36.7 Å². The Bertz CT molecular complexity index is 1110. The highest BCUT2D eigenvalue weighted by Crippen LogP contribution is 2.58. The second kappa shape index (κ2) is 9.24. The number of H-pyrrole nitrogens is 2. The molecule has 2 atom stereocenters. The molecule has 7 rings (SSSR count). The number of rotatable bonds is 8. The quantitative estimate of drug-likeness (QED) is 0.329. The molecule has 2 aromatic heterocycles. The zero-order valence-electron chi connectivity index (χ0n) is 21.5. The predicted octanol–water partition coefficient (Wildman–Crippen LogP) is 7.06. The van der Waals surface area contributed by atoms with Gasteiger partial charge in [-0.25, -0.2) is 9.97 Å². The first-order valence-corrected chi connectivity index (χ1v) is 14.1. The zero-order chi connectivity index (χ0) is 23.9. The molecule has 186 valence electrons. The van der Waals surface area contributed by atoms with Crippen LogP contribution < -0.4 is 5.32 Å². The van der Waals surface area contributed by atoms with E-state index in [4.69, 9.17) is 4.98 Å². The van der Waals surface area contributed by atoms with Gasteiger partial charge in [-0.15, -0.1) is 0 Å². The topological polar surface area (TPSA) is 69.4 Å². The minimum Gasteiger partial charge on any atom is -0.344 e. The Hall–Kier alpha value is -2.40. The minimum absolute atomic E-state index is 0.312. The van der Waals surface area contributed by atoms with Gasteiger partial charge in [-0.1, -0.05) is 51.0 Å². The molecular weight excluding hydrogens is 430 g/mol. The van der Waals surface area contributed by atoms with Gasteiger partial charge in [0.2, 0.25) is 0 Å². The van der Waals surface area contributed by atoms with E-state index in [2.05, 4.69) is 64.6 Å². The van der Waals surface area contributed by atoms with E-state index >= 15 is 0 Å². The van der Waals surface area contributed by atoms with Crippen LogP contribution in [0.3, 0.4) is 0 Å². The minimum atomic E-state index is 0.312. The number of benzene rings is 1. The van der Waals surface area contributed by atoms with E-state index in [0.717, 1.165) is 23.9 Å². The fourth-order valence-electron chi connectivity index (χ4n) is 7.11. The Balaban J connectivity index is 1.14. The molecular formula is C30H41N5. The van der Waals surface area contributed by atoms with Gasteiger partial charge in [-0.3, -0.25) is 0 Å². The standard InChI is InChI=1S/C30H41N5/c1-3-4-6-21(2)27-32-19-25(34-27)22-8-10-23(11-9-22)29-12-15-30(16-13-29,17-14-29)26-20-33-28(35-26)24-7-5-18-31-24/h8-11,19-21,24,31H,3-7,12-18H2,1-2H3,(H,32,34)(H,33,35)/t21-,24-,29?,30?/m0/s1. The summed E-state index contributed by atoms with van der Waals surface area (Å²) in [7, 11) is 0. The summed E-state index contributed by atoms with van der Waals surface area (Å²) in [5.41, 5.74) is 5.98. The van der Waals surface area contributed by atoms with E-state index in [1.54, 1.807) is 0 Å². The van der Waals surface area contributed by atoms with Crippen molar-refractivity contribution in [2.24, 2.45) is 0 Å². The Morgan fingerprint density at radius 1 is 0.943 bits per heavy atom. The van der Waals surface area contributed by atoms with Crippen molar-refractivity contribution in [2.75, 3.05) is 6.54 Å². The van der Waals surface area contributed by atoms with Gasteiger partial charge < -0.3 is 15.3 Å². The fourth-order valence-corrected chi connectivity index (χ4v) is 7.11. The lowest BCUT2D eigenvalue weighted by Crippen LogP contribution is -2.46. The van der Waals surface area contributed by atoms with E-state index < -0.39 is 0 Å². The molecule has 0 amide bonds. The Labute approximate surface area is 210 Å². The van der Waals surface area contributed by atoms with Crippen LogP contribution in [0.2, 0.25) is 0 Å². The van der Waals surface area contributed by atoms with Crippen molar-refractivity contribution in [2.45, 2.75) is 107 Å². The third-order valence-electron chi connectivity index (χ3n) is 9.66. The summed E-state index contributed by atoms with van der Waals surface area (Å²) >= 11 is 0. The van der Waals surface area contributed by atoms with E-state index in [1.807, 2.05) is 6.20 Å². The third kappa shape index (κ3) is 4.16. The molecule has 4 fully saturated rings. The summed E-state index contributed by atoms with van der Waals surface area (Å²) in [4.78, 5) is 16.8. The molecule has 3 aromatic rings. The van der Waals surface area contributed by atoms with Crippen LogP contribution in [0.1, 0.15) is 119 Å². The van der Waals surface area contributed by atoms with Gasteiger partial charge in [0.1, 0.15) is 11.6 Å². The van der Waals surface area contributed by atoms with Crippen molar-refractivity contribution in [3.63, 3.8) is 0 Å². The maximum atomic E-state index is 4.80. The second-order valence-electron chi connectivity index (χ2n) is 11.7. The summed E-state index contributed by atoms with van der Waals surface area (Å²) in [6, 6.07) is 9.84. The molecule has 2 bridgehead atoms. The first-order chi connectivity index (χ1) is 17.1. The predicted molar refractivity (Wildman–Crippen MR) is 142 cm³/mol. The van der Waals surface area contributed by atoms with Crippen LogP contribution in [0.4, 0.5) is 0 Å². The fraction of sp³-hybridized carbons (Fsp3) is 0.600. The molecule has 5 nitrogen and oxygen atoms in total. The smallest absolute Gasteiger partial charge is 0.123 e. The van der Waals surface area contributed by atoms with Gasteiger partial charge in [-0.2, -0.15) is 0 Å². The van der Waals surface area contributed by atoms with E-state index in [0.29, 0.717) is 22.8 Å². The highest BCUT2D eigenvalue weighted by atomic mass is 15.0. The maximum Gasteiger partial charge on any atom is 0.123 e. The summed E-state index contributed by atoms with van der Waals surface area (Å²) in [6.45, 7) is 5.65. The lowest BCUT2D eigenvalue weighted by atomic mass is 9.51. The van der Waals surface area contributed by atoms with E-state index in [9.17, 15) is 0 Å². The molecule has 35 heavy (non-hydrogen) atoms. The summed E-state index contributed by atoms with van der Waals surface area (Å²) < 4.78 is 0. The van der Waals surface area contributed by atoms with Crippen molar-refractivity contribution >= 4 is 0 Å². The Morgan fingerprint density at radius 2 is 1.69 bits per heavy atom. The summed E-state index contributed by atoms with van der Waals surface area (Å²) in [6.07, 6.45) is 18.0. The van der Waals surface area contributed by atoms with Crippen molar-refractivity contribution in [3.8, 4) is 11.3 Å². The highest BCUT2D eigenvalue weighted by molar-refractivity contribution is 5.59. The highest BCUT2D eigenvalue weighted by Gasteiger charge is 2.50. The number of nitrogens with zero attached hydrogens (tertiary/aromatic N) is 2. The van der Waals surface area contributed by atoms with Crippen molar-refractivity contribution < 1.29 is 0 Å². The van der Waals surface area contributed by atoms with Gasteiger partial charge >= 0.3 is 0 Å². The van der Waals surface area contributed by atoms with E-state index in [-0.39, 0.29) is 0 Å². The molecule has 0 radical (unpaired) electrons. The number of aromatic nitrogens is 4. The van der Waals surface area contributed by atoms with Gasteiger partial charge in [-0.05, 0) is 80.9 Å². The number of nitrogens with one attached hydrogen (secondary N) is 3. The molecule has 5 heteroatoms. The van der Waals surface area contributed by atoms with Crippen LogP contribution in [0.5, 0.6) is 0 Å². The molecule has 1 aromatic carbocycles. The molecule has 3 aliphatic carbocycles. The number of fused-ring (bicyclic) bond motifs is 3. The van der Waals surface area contributed by atoms with Gasteiger partial charge in [0.15, 0.2) is 0 Å². The average molecular weight is 472 g/mol. The van der Waals surface area contributed by atoms with E-state index in [1.165, 1.54) is 87.4 Å². The average Bonchev–Trinajstić information content (AvgIpc) is 3.70. The number of unbranched alkanes of at least 4 members (excludes halogenated alkanes) is 1. The molecule has 0 unspecified atom stereocenters. The molecule has 3 saturated carbocycles. The molecule has 0 spiro atoms.